The number of rotatable bonds is 0. The zero-order chi connectivity index (χ0) is 7.84. The molecule has 1 aromatic carbocycles. The smallest absolute Gasteiger partial charge is 0.0957 e. The van der Waals surface area contributed by atoms with Crippen molar-refractivity contribution in [2.24, 2.45) is 0 Å². The SMILES string of the molecule is BC1Cc2ccccc2C1=C. The van der Waals surface area contributed by atoms with E-state index in [4.69, 9.17) is 0 Å². The van der Waals surface area contributed by atoms with Gasteiger partial charge in [-0.25, -0.2) is 0 Å². The van der Waals surface area contributed by atoms with Crippen molar-refractivity contribution in [2.45, 2.75) is 12.2 Å². The van der Waals surface area contributed by atoms with E-state index >= 15 is 0 Å². The van der Waals surface area contributed by atoms with Gasteiger partial charge in [-0.05, 0) is 23.4 Å². The Balaban J connectivity index is 2.55. The molecule has 54 valence electrons. The van der Waals surface area contributed by atoms with Gasteiger partial charge in [0, 0.05) is 0 Å². The zero-order valence-electron chi connectivity index (χ0n) is 6.80. The van der Waals surface area contributed by atoms with Crippen molar-refractivity contribution >= 4 is 13.4 Å². The lowest BCUT2D eigenvalue weighted by Crippen LogP contribution is -1.86. The van der Waals surface area contributed by atoms with Crippen LogP contribution in [0.25, 0.3) is 5.57 Å². The number of hydrogen-bond donors (Lipinski definition) is 0. The van der Waals surface area contributed by atoms with Gasteiger partial charge in [0.2, 0.25) is 0 Å². The van der Waals surface area contributed by atoms with Crippen molar-refractivity contribution < 1.29 is 0 Å². The third-order valence-corrected chi connectivity index (χ3v) is 2.48. The summed E-state index contributed by atoms with van der Waals surface area (Å²) in [5.41, 5.74) is 4.14. The maximum atomic E-state index is 4.08. The number of hydrogen-bond acceptors (Lipinski definition) is 0. The van der Waals surface area contributed by atoms with Gasteiger partial charge < -0.3 is 0 Å². The summed E-state index contributed by atoms with van der Waals surface area (Å²) in [7, 11) is 2.24. The van der Waals surface area contributed by atoms with Crippen LogP contribution in [-0.2, 0) is 6.42 Å². The van der Waals surface area contributed by atoms with Crippen molar-refractivity contribution in [3.05, 3.63) is 42.0 Å². The first-order valence-corrected chi connectivity index (χ1v) is 4.06. The van der Waals surface area contributed by atoms with Crippen LogP contribution in [0.15, 0.2) is 30.8 Å². The zero-order valence-corrected chi connectivity index (χ0v) is 6.80. The second kappa shape index (κ2) is 2.26. The van der Waals surface area contributed by atoms with Gasteiger partial charge in [-0.2, -0.15) is 0 Å². The Kier molecular flexibility index (Phi) is 1.38. The monoisotopic (exact) mass is 142 g/mol. The third kappa shape index (κ3) is 0.918. The van der Waals surface area contributed by atoms with Crippen LogP contribution in [-0.4, -0.2) is 7.85 Å². The third-order valence-electron chi connectivity index (χ3n) is 2.48. The van der Waals surface area contributed by atoms with E-state index in [-0.39, 0.29) is 0 Å². The van der Waals surface area contributed by atoms with Crippen LogP contribution in [0.3, 0.4) is 0 Å². The first-order valence-electron chi connectivity index (χ1n) is 4.06. The van der Waals surface area contributed by atoms with E-state index in [0.717, 1.165) is 0 Å². The highest BCUT2D eigenvalue weighted by Gasteiger charge is 2.20. The van der Waals surface area contributed by atoms with E-state index in [1.54, 1.807) is 0 Å². The van der Waals surface area contributed by atoms with Gasteiger partial charge in [-0.15, -0.1) is 0 Å². The lowest BCUT2D eigenvalue weighted by Gasteiger charge is -2.00. The summed E-state index contributed by atoms with van der Waals surface area (Å²) in [6.07, 6.45) is 1.18. The predicted octanol–water partition coefficient (Wildman–Crippen LogP) is 1.68. The van der Waals surface area contributed by atoms with Crippen LogP contribution >= 0.6 is 0 Å². The molecular weight excluding hydrogens is 131 g/mol. The fraction of sp³-hybridized carbons (Fsp3) is 0.200. The van der Waals surface area contributed by atoms with Crippen LogP contribution in [0.1, 0.15) is 11.1 Å². The van der Waals surface area contributed by atoms with Gasteiger partial charge in [0.1, 0.15) is 7.85 Å². The van der Waals surface area contributed by atoms with Crippen LogP contribution in [0.5, 0.6) is 0 Å². The van der Waals surface area contributed by atoms with E-state index in [1.165, 1.54) is 23.1 Å². The van der Waals surface area contributed by atoms with E-state index in [1.807, 2.05) is 0 Å². The van der Waals surface area contributed by atoms with Crippen molar-refractivity contribution in [1.29, 1.82) is 0 Å². The molecule has 11 heavy (non-hydrogen) atoms. The molecule has 0 aromatic heterocycles. The Morgan fingerprint density at radius 2 is 2.09 bits per heavy atom. The number of fused-ring (bicyclic) bond motifs is 1. The van der Waals surface area contributed by atoms with Gasteiger partial charge in [0.05, 0.1) is 0 Å². The second-order valence-corrected chi connectivity index (χ2v) is 3.29. The minimum Gasteiger partial charge on any atom is -0.0957 e. The average molecular weight is 142 g/mol. The predicted molar refractivity (Wildman–Crippen MR) is 51.5 cm³/mol. The normalized spacial score (nSPS) is 21.8. The molecular formula is C10H11B. The summed E-state index contributed by atoms with van der Waals surface area (Å²) in [5, 5.41) is 0. The molecule has 1 heteroatoms. The standard InChI is InChI=1S/C10H11B/c1-7-9-5-3-2-4-8(9)6-10(7)11/h2-5,10H,1,6,11H2. The largest absolute Gasteiger partial charge is 0.111 e. The second-order valence-electron chi connectivity index (χ2n) is 3.29. The molecule has 0 bridgehead atoms. The molecule has 0 nitrogen and oxygen atoms in total. The molecule has 0 N–H and O–H groups in total. The van der Waals surface area contributed by atoms with E-state index in [2.05, 4.69) is 38.7 Å². The fourth-order valence-corrected chi connectivity index (χ4v) is 1.73. The average Bonchev–Trinajstić information content (AvgIpc) is 2.30. The molecule has 1 atom stereocenters. The van der Waals surface area contributed by atoms with Gasteiger partial charge in [0.15, 0.2) is 0 Å². The van der Waals surface area contributed by atoms with Crippen molar-refractivity contribution in [1.82, 2.24) is 0 Å². The molecule has 1 aliphatic rings. The van der Waals surface area contributed by atoms with E-state index < -0.39 is 0 Å². The van der Waals surface area contributed by atoms with Crippen LogP contribution in [0, 0.1) is 0 Å². The molecule has 0 saturated carbocycles. The Morgan fingerprint density at radius 3 is 2.82 bits per heavy atom. The maximum Gasteiger partial charge on any atom is 0.111 e. The Morgan fingerprint density at radius 1 is 1.36 bits per heavy atom. The molecule has 0 spiro atoms. The Labute approximate surface area is 68.3 Å². The van der Waals surface area contributed by atoms with Gasteiger partial charge in [0.25, 0.3) is 0 Å². The van der Waals surface area contributed by atoms with Crippen molar-refractivity contribution in [3.63, 3.8) is 0 Å². The highest BCUT2D eigenvalue weighted by atomic mass is 14.2. The molecule has 1 aromatic rings. The molecule has 0 aliphatic heterocycles. The summed E-state index contributed by atoms with van der Waals surface area (Å²) in [6.45, 7) is 4.08. The Bertz CT molecular complexity index is 301. The molecule has 0 saturated heterocycles. The van der Waals surface area contributed by atoms with Crippen LogP contribution in [0.4, 0.5) is 0 Å². The number of allylic oxidation sites excluding steroid dienone is 1. The first-order chi connectivity index (χ1) is 5.29. The lowest BCUT2D eigenvalue weighted by atomic mass is 9.82. The van der Waals surface area contributed by atoms with Crippen molar-refractivity contribution in [2.75, 3.05) is 0 Å². The van der Waals surface area contributed by atoms with Crippen LogP contribution in [0.2, 0.25) is 5.82 Å². The summed E-state index contributed by atoms with van der Waals surface area (Å²) in [5.74, 6) is 0.646. The quantitative estimate of drug-likeness (QED) is 0.483. The molecule has 0 heterocycles. The highest BCUT2D eigenvalue weighted by Crippen LogP contribution is 2.37. The van der Waals surface area contributed by atoms with Crippen molar-refractivity contribution in [3.8, 4) is 0 Å². The van der Waals surface area contributed by atoms with E-state index in [0.29, 0.717) is 5.82 Å². The molecule has 0 fully saturated rings. The molecule has 2 rings (SSSR count). The lowest BCUT2D eigenvalue weighted by molar-refractivity contribution is 1.07. The first kappa shape index (κ1) is 6.72. The number of benzene rings is 1. The highest BCUT2D eigenvalue weighted by molar-refractivity contribution is 6.19. The molecule has 0 amide bonds. The van der Waals surface area contributed by atoms with Crippen LogP contribution < -0.4 is 0 Å². The summed E-state index contributed by atoms with van der Waals surface area (Å²) in [6, 6.07) is 8.55. The topological polar surface area (TPSA) is 0 Å². The summed E-state index contributed by atoms with van der Waals surface area (Å²) >= 11 is 0. The van der Waals surface area contributed by atoms with Gasteiger partial charge >= 0.3 is 0 Å². The Hall–Kier alpha value is -0.975. The maximum absolute atomic E-state index is 4.08. The summed E-state index contributed by atoms with van der Waals surface area (Å²) < 4.78 is 0. The minimum atomic E-state index is 0.646. The molecule has 0 radical (unpaired) electrons. The minimum absolute atomic E-state index is 0.646. The van der Waals surface area contributed by atoms with Gasteiger partial charge in [-0.3, -0.25) is 0 Å². The molecule has 1 aliphatic carbocycles. The molecule has 1 unspecified atom stereocenters. The summed E-state index contributed by atoms with van der Waals surface area (Å²) in [4.78, 5) is 0. The van der Waals surface area contributed by atoms with E-state index in [9.17, 15) is 0 Å². The van der Waals surface area contributed by atoms with Gasteiger partial charge in [-0.1, -0.05) is 36.4 Å². The fourth-order valence-electron chi connectivity index (χ4n) is 1.73.